The molecule has 0 aliphatic carbocycles. The molecule has 1 aliphatic heterocycles. The Bertz CT molecular complexity index is 291. The van der Waals surface area contributed by atoms with Gasteiger partial charge in [-0.2, -0.15) is 0 Å². The number of hydrogen-bond donors (Lipinski definition) is 3. The molecule has 6 heteroatoms. The van der Waals surface area contributed by atoms with Crippen molar-refractivity contribution in [1.29, 1.82) is 0 Å². The summed E-state index contributed by atoms with van der Waals surface area (Å²) in [7, 11) is 0. The highest BCUT2D eigenvalue weighted by Crippen LogP contribution is 2.12. The normalized spacial score (nSPS) is 17.7. The fraction of sp³-hybridized carbons (Fsp3) is 0.846. The fourth-order valence-corrected chi connectivity index (χ4v) is 2.13. The average Bonchev–Trinajstić information content (AvgIpc) is 2.36. The first-order valence-electron chi connectivity index (χ1n) is 6.95. The van der Waals surface area contributed by atoms with Crippen LogP contribution in [0.3, 0.4) is 0 Å². The Balaban J connectivity index is 2.02. The lowest BCUT2D eigenvalue weighted by Crippen LogP contribution is -2.40. The van der Waals surface area contributed by atoms with Crippen LogP contribution in [0.4, 0.5) is 4.79 Å². The number of urea groups is 1. The molecule has 110 valence electrons. The molecule has 3 amide bonds. The van der Waals surface area contributed by atoms with Crippen molar-refractivity contribution in [2.45, 2.75) is 32.6 Å². The summed E-state index contributed by atoms with van der Waals surface area (Å²) in [6.45, 7) is 4.80. The molecule has 0 aromatic rings. The summed E-state index contributed by atoms with van der Waals surface area (Å²) >= 11 is 0. The van der Waals surface area contributed by atoms with Crippen LogP contribution in [0.5, 0.6) is 0 Å². The van der Waals surface area contributed by atoms with E-state index in [1.165, 1.54) is 0 Å². The molecule has 0 radical (unpaired) electrons. The zero-order valence-corrected chi connectivity index (χ0v) is 11.6. The van der Waals surface area contributed by atoms with Gasteiger partial charge in [-0.3, -0.25) is 4.79 Å². The molecule has 0 aromatic heterocycles. The molecule has 0 bridgehead atoms. The van der Waals surface area contributed by atoms with Crippen LogP contribution in [0.15, 0.2) is 0 Å². The van der Waals surface area contributed by atoms with Gasteiger partial charge in [0.15, 0.2) is 0 Å². The predicted octanol–water partition coefficient (Wildman–Crippen LogP) is 0.614. The van der Waals surface area contributed by atoms with E-state index in [1.54, 1.807) is 0 Å². The van der Waals surface area contributed by atoms with Gasteiger partial charge in [-0.05, 0) is 31.1 Å². The molecular weight excluding hydrogens is 246 g/mol. The number of ether oxygens (including phenoxy) is 1. The maximum absolute atomic E-state index is 11.5. The highest BCUT2D eigenvalue weighted by Gasteiger charge is 2.14. The second kappa shape index (κ2) is 8.74. The van der Waals surface area contributed by atoms with E-state index in [-0.39, 0.29) is 17.9 Å². The Hall–Kier alpha value is -1.30. The Labute approximate surface area is 114 Å². The van der Waals surface area contributed by atoms with E-state index in [2.05, 4.69) is 10.6 Å². The zero-order valence-electron chi connectivity index (χ0n) is 11.6. The molecule has 1 rings (SSSR count). The lowest BCUT2D eigenvalue weighted by Gasteiger charge is -2.22. The molecule has 1 heterocycles. The van der Waals surface area contributed by atoms with Crippen LogP contribution in [-0.2, 0) is 9.53 Å². The number of carbonyl (C=O) groups is 2. The van der Waals surface area contributed by atoms with Crippen molar-refractivity contribution in [3.8, 4) is 0 Å². The van der Waals surface area contributed by atoms with E-state index < -0.39 is 0 Å². The van der Waals surface area contributed by atoms with Gasteiger partial charge in [0, 0.05) is 32.7 Å². The maximum atomic E-state index is 11.5. The van der Waals surface area contributed by atoms with Crippen molar-refractivity contribution in [2.75, 3.05) is 26.3 Å². The van der Waals surface area contributed by atoms with Crippen molar-refractivity contribution < 1.29 is 14.3 Å². The summed E-state index contributed by atoms with van der Waals surface area (Å²) in [5.74, 6) is 0.429. The first-order chi connectivity index (χ1) is 9.08. The van der Waals surface area contributed by atoms with Gasteiger partial charge in [0.2, 0.25) is 5.91 Å². The van der Waals surface area contributed by atoms with Crippen LogP contribution in [-0.4, -0.2) is 38.2 Å². The number of amides is 3. The van der Waals surface area contributed by atoms with Crippen LogP contribution < -0.4 is 16.4 Å². The Morgan fingerprint density at radius 3 is 2.63 bits per heavy atom. The second-order valence-corrected chi connectivity index (χ2v) is 5.26. The van der Waals surface area contributed by atoms with Crippen LogP contribution in [0.25, 0.3) is 0 Å². The van der Waals surface area contributed by atoms with Crippen LogP contribution >= 0.6 is 0 Å². The third kappa shape index (κ3) is 7.66. The highest BCUT2D eigenvalue weighted by atomic mass is 16.5. The van der Waals surface area contributed by atoms with E-state index in [1.807, 2.05) is 6.92 Å². The average molecular weight is 271 g/mol. The van der Waals surface area contributed by atoms with Crippen molar-refractivity contribution in [3.05, 3.63) is 0 Å². The zero-order chi connectivity index (χ0) is 14.1. The van der Waals surface area contributed by atoms with Gasteiger partial charge in [-0.1, -0.05) is 6.92 Å². The van der Waals surface area contributed by atoms with E-state index in [4.69, 9.17) is 10.5 Å². The minimum absolute atomic E-state index is 0.141. The summed E-state index contributed by atoms with van der Waals surface area (Å²) in [6, 6.07) is -0.141. The first kappa shape index (κ1) is 15.8. The van der Waals surface area contributed by atoms with Crippen LogP contribution in [0, 0.1) is 11.8 Å². The summed E-state index contributed by atoms with van der Waals surface area (Å²) in [5, 5.41) is 5.66. The summed E-state index contributed by atoms with van der Waals surface area (Å²) in [4.78, 5) is 22.2. The lowest BCUT2D eigenvalue weighted by atomic mass is 10.0. The molecule has 0 saturated carbocycles. The van der Waals surface area contributed by atoms with Crippen molar-refractivity contribution in [2.24, 2.45) is 17.6 Å². The molecule has 6 nitrogen and oxygen atoms in total. The summed E-state index contributed by atoms with van der Waals surface area (Å²) in [5.41, 5.74) is 5.11. The topological polar surface area (TPSA) is 93.4 Å². The van der Waals surface area contributed by atoms with Crippen LogP contribution in [0.1, 0.15) is 32.6 Å². The van der Waals surface area contributed by atoms with Gasteiger partial charge in [0.05, 0.1) is 0 Å². The number of primary amides is 1. The van der Waals surface area contributed by atoms with Crippen molar-refractivity contribution >= 4 is 11.9 Å². The molecular formula is C13H25N3O3. The van der Waals surface area contributed by atoms with Gasteiger partial charge in [-0.25, -0.2) is 4.79 Å². The minimum atomic E-state index is -0.295. The maximum Gasteiger partial charge on any atom is 0.314 e. The fourth-order valence-electron chi connectivity index (χ4n) is 2.13. The number of hydrogen-bond acceptors (Lipinski definition) is 3. The number of carbonyl (C=O) groups excluding carboxylic acids is 2. The molecule has 4 N–H and O–H groups in total. The molecule has 0 unspecified atom stereocenters. The van der Waals surface area contributed by atoms with Gasteiger partial charge in [0.1, 0.15) is 0 Å². The van der Waals surface area contributed by atoms with Gasteiger partial charge in [-0.15, -0.1) is 0 Å². The third-order valence-corrected chi connectivity index (χ3v) is 3.36. The Morgan fingerprint density at radius 1 is 1.32 bits per heavy atom. The molecule has 1 atom stereocenters. The standard InChI is InChI=1S/C13H25N3O3/c1-10(8-12(14)17)2-5-15-13(18)16-9-11-3-6-19-7-4-11/h10-11H,2-9H2,1H3,(H2,14,17)(H2,15,16,18)/t10-/m0/s1. The van der Waals surface area contributed by atoms with Gasteiger partial charge in [0.25, 0.3) is 0 Å². The van der Waals surface area contributed by atoms with Crippen LogP contribution in [0.2, 0.25) is 0 Å². The van der Waals surface area contributed by atoms with Gasteiger partial charge >= 0.3 is 6.03 Å². The molecule has 0 aromatic carbocycles. The predicted molar refractivity (Wildman–Crippen MR) is 72.5 cm³/mol. The smallest absolute Gasteiger partial charge is 0.314 e. The quantitative estimate of drug-likeness (QED) is 0.633. The Morgan fingerprint density at radius 2 is 2.00 bits per heavy atom. The second-order valence-electron chi connectivity index (χ2n) is 5.26. The lowest BCUT2D eigenvalue weighted by molar-refractivity contribution is -0.118. The largest absolute Gasteiger partial charge is 0.381 e. The molecule has 0 spiro atoms. The first-order valence-corrected chi connectivity index (χ1v) is 6.95. The van der Waals surface area contributed by atoms with E-state index in [0.717, 1.165) is 32.5 Å². The molecule has 19 heavy (non-hydrogen) atoms. The molecule has 1 aliphatic rings. The SMILES string of the molecule is C[C@@H](CCNC(=O)NCC1CCOCC1)CC(N)=O. The summed E-state index contributed by atoms with van der Waals surface area (Å²) < 4.78 is 5.26. The highest BCUT2D eigenvalue weighted by molar-refractivity contribution is 5.74. The summed E-state index contributed by atoms with van der Waals surface area (Å²) in [6.07, 6.45) is 3.14. The van der Waals surface area contributed by atoms with E-state index in [9.17, 15) is 9.59 Å². The van der Waals surface area contributed by atoms with E-state index >= 15 is 0 Å². The van der Waals surface area contributed by atoms with Gasteiger partial charge < -0.3 is 21.1 Å². The Kier molecular flexibility index (Phi) is 7.25. The monoisotopic (exact) mass is 271 g/mol. The number of rotatable bonds is 7. The van der Waals surface area contributed by atoms with E-state index in [0.29, 0.717) is 25.4 Å². The minimum Gasteiger partial charge on any atom is -0.381 e. The van der Waals surface area contributed by atoms with Crippen molar-refractivity contribution in [1.82, 2.24) is 10.6 Å². The number of nitrogens with two attached hydrogens (primary N) is 1. The molecule has 1 fully saturated rings. The molecule has 1 saturated heterocycles. The number of nitrogens with one attached hydrogen (secondary N) is 2. The van der Waals surface area contributed by atoms with Crippen molar-refractivity contribution in [3.63, 3.8) is 0 Å². The third-order valence-electron chi connectivity index (χ3n) is 3.36.